The third kappa shape index (κ3) is 5.56. The predicted molar refractivity (Wildman–Crippen MR) is 70.2 cm³/mol. The molecular formula is C12H15ClN2O4. The molecule has 0 radical (unpaired) electrons. The van der Waals surface area contributed by atoms with Crippen molar-refractivity contribution >= 4 is 29.5 Å². The van der Waals surface area contributed by atoms with Crippen LogP contribution < -0.4 is 5.32 Å². The summed E-state index contributed by atoms with van der Waals surface area (Å²) < 4.78 is 9.65. The summed E-state index contributed by atoms with van der Waals surface area (Å²) in [4.78, 5) is 26.7. The number of pyridine rings is 1. The van der Waals surface area contributed by atoms with Crippen molar-refractivity contribution < 1.29 is 19.1 Å². The lowest BCUT2D eigenvalue weighted by molar-refractivity contribution is 0.0572. The molecule has 6 nitrogen and oxygen atoms in total. The Hall–Kier alpha value is -1.82. The maximum Gasteiger partial charge on any atom is 0.413 e. The number of alkyl halides is 1. The molecular weight excluding hydrogens is 272 g/mol. The van der Waals surface area contributed by atoms with E-state index >= 15 is 0 Å². The molecule has 0 aliphatic heterocycles. The molecule has 1 rings (SSSR count). The number of esters is 1. The summed E-state index contributed by atoms with van der Waals surface area (Å²) in [7, 11) is 0. The van der Waals surface area contributed by atoms with Crippen molar-refractivity contribution in [2.24, 2.45) is 0 Å². The third-order valence-electron chi connectivity index (χ3n) is 1.81. The third-order valence-corrected chi connectivity index (χ3v) is 1.92. The highest BCUT2D eigenvalue weighted by molar-refractivity contribution is 6.17. The highest BCUT2D eigenvalue weighted by Gasteiger charge is 2.16. The highest BCUT2D eigenvalue weighted by atomic mass is 35.5. The van der Waals surface area contributed by atoms with E-state index in [9.17, 15) is 9.59 Å². The molecule has 1 amide bonds. The molecule has 0 bridgehead atoms. The van der Waals surface area contributed by atoms with Crippen LogP contribution in [-0.4, -0.2) is 28.7 Å². The van der Waals surface area contributed by atoms with Crippen molar-refractivity contribution in [2.75, 3.05) is 11.4 Å². The number of carbonyl (C=O) groups is 2. The maximum atomic E-state index is 11.5. The quantitative estimate of drug-likeness (QED) is 0.683. The summed E-state index contributed by atoms with van der Waals surface area (Å²) in [5, 5.41) is 2.45. The lowest BCUT2D eigenvalue weighted by Gasteiger charge is -2.19. The molecule has 0 saturated heterocycles. The van der Waals surface area contributed by atoms with E-state index in [1.54, 1.807) is 20.8 Å². The van der Waals surface area contributed by atoms with Crippen molar-refractivity contribution in [3.63, 3.8) is 0 Å². The fourth-order valence-corrected chi connectivity index (χ4v) is 1.23. The monoisotopic (exact) mass is 286 g/mol. The molecule has 7 heteroatoms. The van der Waals surface area contributed by atoms with Crippen LogP contribution in [0.4, 0.5) is 10.6 Å². The molecule has 19 heavy (non-hydrogen) atoms. The van der Waals surface area contributed by atoms with Gasteiger partial charge in [0, 0.05) is 6.20 Å². The number of rotatable bonds is 3. The SMILES string of the molecule is CC(C)(C)OC(=O)Nc1ccc(C(=O)OCCl)cn1. The van der Waals surface area contributed by atoms with Crippen LogP contribution in [0.5, 0.6) is 0 Å². The Balaban J connectivity index is 2.62. The van der Waals surface area contributed by atoms with Crippen molar-refractivity contribution in [1.82, 2.24) is 4.98 Å². The summed E-state index contributed by atoms with van der Waals surface area (Å²) in [6.07, 6.45) is 0.665. The average molecular weight is 287 g/mol. The minimum Gasteiger partial charge on any atom is -0.446 e. The number of aromatic nitrogens is 1. The van der Waals surface area contributed by atoms with E-state index in [4.69, 9.17) is 16.3 Å². The Morgan fingerprint density at radius 1 is 1.37 bits per heavy atom. The average Bonchev–Trinajstić information content (AvgIpc) is 2.27. The normalized spacial score (nSPS) is 10.7. The molecule has 1 heterocycles. The first-order valence-corrected chi connectivity index (χ1v) is 6.04. The maximum absolute atomic E-state index is 11.5. The predicted octanol–water partition coefficient (Wildman–Crippen LogP) is 2.78. The van der Waals surface area contributed by atoms with Gasteiger partial charge in [0.25, 0.3) is 0 Å². The molecule has 1 aromatic rings. The van der Waals surface area contributed by atoms with Crippen molar-refractivity contribution in [3.8, 4) is 0 Å². The van der Waals surface area contributed by atoms with Crippen molar-refractivity contribution in [1.29, 1.82) is 0 Å². The largest absolute Gasteiger partial charge is 0.446 e. The highest BCUT2D eigenvalue weighted by Crippen LogP contribution is 2.11. The van der Waals surface area contributed by atoms with E-state index in [1.807, 2.05) is 0 Å². The van der Waals surface area contributed by atoms with Gasteiger partial charge in [0.2, 0.25) is 0 Å². The Labute approximate surface area is 116 Å². The number of amides is 1. The van der Waals surface area contributed by atoms with Crippen LogP contribution in [0.15, 0.2) is 18.3 Å². The molecule has 104 valence electrons. The van der Waals surface area contributed by atoms with Gasteiger partial charge in [0.15, 0.2) is 6.07 Å². The molecule has 0 fully saturated rings. The van der Waals surface area contributed by atoms with Crippen molar-refractivity contribution in [3.05, 3.63) is 23.9 Å². The number of nitrogens with zero attached hydrogens (tertiary/aromatic N) is 1. The van der Waals surface area contributed by atoms with Gasteiger partial charge in [-0.2, -0.15) is 0 Å². The van der Waals surface area contributed by atoms with E-state index < -0.39 is 17.7 Å². The van der Waals surface area contributed by atoms with E-state index in [1.165, 1.54) is 18.3 Å². The Morgan fingerprint density at radius 3 is 2.53 bits per heavy atom. The number of hydrogen-bond donors (Lipinski definition) is 1. The Bertz CT molecular complexity index is 454. The second-order valence-electron chi connectivity index (χ2n) is 4.60. The van der Waals surface area contributed by atoms with Gasteiger partial charge in [-0.25, -0.2) is 14.6 Å². The fourth-order valence-electron chi connectivity index (χ4n) is 1.13. The van der Waals surface area contributed by atoms with Crippen LogP contribution in [0, 0.1) is 0 Å². The molecule has 0 atom stereocenters. The number of hydrogen-bond acceptors (Lipinski definition) is 5. The number of nitrogens with one attached hydrogen (secondary N) is 1. The van der Waals surface area contributed by atoms with Gasteiger partial charge in [0.1, 0.15) is 11.4 Å². The second kappa shape index (κ2) is 6.38. The zero-order valence-electron chi connectivity index (χ0n) is 10.9. The Kier molecular flexibility index (Phi) is 5.11. The fraction of sp³-hybridized carbons (Fsp3) is 0.417. The molecule has 0 unspecified atom stereocenters. The Morgan fingerprint density at radius 2 is 2.05 bits per heavy atom. The molecule has 0 aliphatic carbocycles. The van der Waals surface area contributed by atoms with Gasteiger partial charge in [0.05, 0.1) is 5.56 Å². The summed E-state index contributed by atoms with van der Waals surface area (Å²) in [6, 6.07) is 2.71. The minimum atomic E-state index is -0.615. The standard InChI is InChI=1S/C12H15ClN2O4/c1-12(2,3)19-11(17)15-9-5-4-8(6-14-9)10(16)18-7-13/h4-6H,7H2,1-3H3,(H,14,15,17). The topological polar surface area (TPSA) is 77.5 Å². The van der Waals surface area contributed by atoms with Gasteiger partial charge < -0.3 is 9.47 Å². The lowest BCUT2D eigenvalue weighted by atomic mass is 10.2. The van der Waals surface area contributed by atoms with Crippen LogP contribution >= 0.6 is 11.6 Å². The molecule has 0 saturated carbocycles. The summed E-state index contributed by atoms with van der Waals surface area (Å²) >= 11 is 5.27. The van der Waals surface area contributed by atoms with E-state index in [0.717, 1.165) is 0 Å². The van der Waals surface area contributed by atoms with E-state index in [-0.39, 0.29) is 17.4 Å². The molecule has 1 N–H and O–H groups in total. The van der Waals surface area contributed by atoms with Gasteiger partial charge >= 0.3 is 12.1 Å². The van der Waals surface area contributed by atoms with Gasteiger partial charge in [-0.05, 0) is 32.9 Å². The number of halogens is 1. The molecule has 0 aliphatic rings. The first-order chi connectivity index (χ1) is 8.81. The van der Waals surface area contributed by atoms with Crippen LogP contribution in [0.2, 0.25) is 0 Å². The molecule has 0 spiro atoms. The second-order valence-corrected chi connectivity index (χ2v) is 4.82. The lowest BCUT2D eigenvalue weighted by Crippen LogP contribution is -2.27. The van der Waals surface area contributed by atoms with Crippen molar-refractivity contribution in [2.45, 2.75) is 26.4 Å². The first-order valence-electron chi connectivity index (χ1n) is 5.51. The van der Waals surface area contributed by atoms with Crippen LogP contribution in [0.3, 0.4) is 0 Å². The molecule has 1 aromatic heterocycles. The van der Waals surface area contributed by atoms with Crippen LogP contribution in [-0.2, 0) is 9.47 Å². The smallest absolute Gasteiger partial charge is 0.413 e. The molecule has 0 aromatic carbocycles. The summed E-state index contributed by atoms with van der Waals surface area (Å²) in [5.74, 6) is -0.303. The first kappa shape index (κ1) is 15.2. The van der Waals surface area contributed by atoms with E-state index in [0.29, 0.717) is 0 Å². The summed E-state index contributed by atoms with van der Waals surface area (Å²) in [6.45, 7) is 5.27. The number of carbonyl (C=O) groups excluding carboxylic acids is 2. The zero-order valence-corrected chi connectivity index (χ0v) is 11.7. The number of anilines is 1. The van der Waals surface area contributed by atoms with Crippen LogP contribution in [0.25, 0.3) is 0 Å². The van der Waals surface area contributed by atoms with Crippen LogP contribution in [0.1, 0.15) is 31.1 Å². The van der Waals surface area contributed by atoms with Gasteiger partial charge in [-0.3, -0.25) is 5.32 Å². The number of ether oxygens (including phenoxy) is 2. The van der Waals surface area contributed by atoms with Gasteiger partial charge in [-0.15, -0.1) is 0 Å². The van der Waals surface area contributed by atoms with Gasteiger partial charge in [-0.1, -0.05) is 11.6 Å². The zero-order chi connectivity index (χ0) is 14.5. The minimum absolute atomic E-state index is 0.225. The van der Waals surface area contributed by atoms with E-state index in [2.05, 4.69) is 15.0 Å². The summed E-state index contributed by atoms with van der Waals surface area (Å²) in [5.41, 5.74) is -0.343.